The Hall–Kier alpha value is -3.34. The number of carbonyl (C=O) groups is 2. The van der Waals surface area contributed by atoms with E-state index in [2.05, 4.69) is 22.6 Å². The molecule has 0 unspecified atom stereocenters. The number of fused-ring (bicyclic) bond motifs is 3. The van der Waals surface area contributed by atoms with Gasteiger partial charge in [0.2, 0.25) is 5.91 Å². The van der Waals surface area contributed by atoms with E-state index in [0.29, 0.717) is 29.3 Å². The van der Waals surface area contributed by atoms with Gasteiger partial charge in [-0.15, -0.1) is 0 Å². The first-order valence-electron chi connectivity index (χ1n) is 12.7. The van der Waals surface area contributed by atoms with Crippen molar-refractivity contribution in [3.63, 3.8) is 0 Å². The van der Waals surface area contributed by atoms with Gasteiger partial charge in [0.25, 0.3) is 0 Å². The minimum Gasteiger partial charge on any atom is -0.497 e. The van der Waals surface area contributed by atoms with E-state index in [9.17, 15) is 14.7 Å². The maximum absolute atomic E-state index is 12.9. The third-order valence-corrected chi connectivity index (χ3v) is 7.36. The molecule has 0 saturated carbocycles. The summed E-state index contributed by atoms with van der Waals surface area (Å²) in [6.45, 7) is 2.98. The van der Waals surface area contributed by atoms with E-state index in [1.54, 1.807) is 37.4 Å². The van der Waals surface area contributed by atoms with Crippen molar-refractivity contribution in [2.75, 3.05) is 57.6 Å². The van der Waals surface area contributed by atoms with Gasteiger partial charge in [-0.05, 0) is 55.9 Å². The summed E-state index contributed by atoms with van der Waals surface area (Å²) in [6.07, 6.45) is -0.282. The van der Waals surface area contributed by atoms with Crippen molar-refractivity contribution >= 4 is 23.3 Å². The normalized spacial score (nSPS) is 25.0. The van der Waals surface area contributed by atoms with Gasteiger partial charge in [-0.2, -0.15) is 0 Å². The lowest BCUT2D eigenvalue weighted by atomic mass is 9.84. The minimum absolute atomic E-state index is 0.0439. The topological polar surface area (TPSA) is 113 Å². The molecule has 3 amide bonds. The molecule has 37 heavy (non-hydrogen) atoms. The lowest BCUT2D eigenvalue weighted by molar-refractivity contribution is -0.150. The predicted molar refractivity (Wildman–Crippen MR) is 138 cm³/mol. The summed E-state index contributed by atoms with van der Waals surface area (Å²) in [6, 6.07) is 12.2. The quantitative estimate of drug-likeness (QED) is 0.547. The number of carbonyl (C=O) groups excluding carboxylic acids is 2. The Morgan fingerprint density at radius 3 is 2.46 bits per heavy atom. The van der Waals surface area contributed by atoms with Crippen LogP contribution in [0.25, 0.3) is 0 Å². The number of rotatable bonds is 6. The Kier molecular flexibility index (Phi) is 7.50. The van der Waals surface area contributed by atoms with Gasteiger partial charge < -0.3 is 39.8 Å². The van der Waals surface area contributed by atoms with Crippen LogP contribution < -0.4 is 20.1 Å². The number of amides is 3. The van der Waals surface area contributed by atoms with Crippen LogP contribution in [0, 0.1) is 0 Å². The lowest BCUT2D eigenvalue weighted by Crippen LogP contribution is -2.50. The SMILES string of the molecule is COc1ccc(NC(=O)Nc2ccc3c(c2)[C@H]2C[C@@H](CC(=O)N4CCN(C)CC4)O[C@H](CO)[C@H]2O3)cc1. The molecule has 2 fully saturated rings. The third kappa shape index (κ3) is 5.66. The number of nitrogens with one attached hydrogen (secondary N) is 2. The zero-order chi connectivity index (χ0) is 25.9. The van der Waals surface area contributed by atoms with E-state index in [0.717, 1.165) is 31.7 Å². The molecule has 198 valence electrons. The van der Waals surface area contributed by atoms with Crippen LogP contribution >= 0.6 is 0 Å². The molecule has 2 saturated heterocycles. The number of nitrogens with zero attached hydrogens (tertiary/aromatic N) is 2. The van der Waals surface area contributed by atoms with Crippen LogP contribution in [0.5, 0.6) is 11.5 Å². The van der Waals surface area contributed by atoms with Gasteiger partial charge >= 0.3 is 6.03 Å². The second kappa shape index (κ2) is 11.0. The number of urea groups is 1. The monoisotopic (exact) mass is 510 g/mol. The Labute approximate surface area is 216 Å². The summed E-state index contributed by atoms with van der Waals surface area (Å²) in [5.41, 5.74) is 2.23. The maximum atomic E-state index is 12.9. The molecule has 4 atom stereocenters. The number of hydrogen-bond acceptors (Lipinski definition) is 7. The van der Waals surface area contributed by atoms with Crippen LogP contribution in [0.1, 0.15) is 24.3 Å². The van der Waals surface area contributed by atoms with E-state index in [-0.39, 0.29) is 43.1 Å². The van der Waals surface area contributed by atoms with Crippen molar-refractivity contribution < 1.29 is 28.9 Å². The molecule has 3 heterocycles. The first-order valence-corrected chi connectivity index (χ1v) is 12.7. The first-order chi connectivity index (χ1) is 17.9. The third-order valence-electron chi connectivity index (χ3n) is 7.36. The second-order valence-corrected chi connectivity index (χ2v) is 9.85. The molecule has 5 rings (SSSR count). The van der Waals surface area contributed by atoms with Crippen molar-refractivity contribution in [3.05, 3.63) is 48.0 Å². The number of methoxy groups -OCH3 is 1. The highest BCUT2D eigenvalue weighted by molar-refractivity contribution is 5.99. The van der Waals surface area contributed by atoms with Crippen molar-refractivity contribution in [2.24, 2.45) is 0 Å². The van der Waals surface area contributed by atoms with Gasteiger partial charge in [0.1, 0.15) is 23.7 Å². The molecule has 3 aliphatic rings. The van der Waals surface area contributed by atoms with Gasteiger partial charge in [0.15, 0.2) is 0 Å². The molecule has 10 nitrogen and oxygen atoms in total. The Morgan fingerprint density at radius 2 is 1.76 bits per heavy atom. The summed E-state index contributed by atoms with van der Waals surface area (Å²) < 4.78 is 17.4. The van der Waals surface area contributed by atoms with Gasteiger partial charge in [-0.25, -0.2) is 4.79 Å². The fourth-order valence-electron chi connectivity index (χ4n) is 5.31. The predicted octanol–water partition coefficient (Wildman–Crippen LogP) is 2.50. The highest BCUT2D eigenvalue weighted by Gasteiger charge is 2.46. The van der Waals surface area contributed by atoms with E-state index in [1.165, 1.54) is 0 Å². The number of hydrogen-bond donors (Lipinski definition) is 3. The van der Waals surface area contributed by atoms with Crippen LogP contribution in [0.15, 0.2) is 42.5 Å². The largest absolute Gasteiger partial charge is 0.497 e. The van der Waals surface area contributed by atoms with Gasteiger partial charge in [0, 0.05) is 49.0 Å². The first kappa shape index (κ1) is 25.3. The van der Waals surface area contributed by atoms with E-state index < -0.39 is 6.10 Å². The number of piperazine rings is 1. The molecule has 0 aromatic heterocycles. The molecule has 0 aliphatic carbocycles. The fourth-order valence-corrected chi connectivity index (χ4v) is 5.31. The highest BCUT2D eigenvalue weighted by Crippen LogP contribution is 2.47. The summed E-state index contributed by atoms with van der Waals surface area (Å²) in [5, 5.41) is 15.7. The van der Waals surface area contributed by atoms with E-state index in [4.69, 9.17) is 14.2 Å². The van der Waals surface area contributed by atoms with Gasteiger partial charge in [0.05, 0.1) is 26.2 Å². The standard InChI is InChI=1S/C27H34N4O6/c1-30-9-11-31(12-10-30)25(33)15-20-14-22-21-13-18(5-8-23(21)37-26(22)24(16-32)36-20)29-27(34)28-17-3-6-19(35-2)7-4-17/h3-8,13,20,22,24,26,32H,9-12,14-16H2,1-2H3,(H2,28,29,34)/t20-,22+,24+,26-/m0/s1. The summed E-state index contributed by atoms with van der Waals surface area (Å²) in [7, 11) is 3.65. The zero-order valence-corrected chi connectivity index (χ0v) is 21.2. The number of aliphatic hydroxyl groups is 1. The summed E-state index contributed by atoms with van der Waals surface area (Å²) >= 11 is 0. The molecular weight excluding hydrogens is 476 g/mol. The lowest BCUT2D eigenvalue weighted by Gasteiger charge is -2.38. The van der Waals surface area contributed by atoms with Gasteiger partial charge in [-0.1, -0.05) is 0 Å². The molecule has 0 radical (unpaired) electrons. The average molecular weight is 511 g/mol. The Bertz CT molecular complexity index is 1120. The summed E-state index contributed by atoms with van der Waals surface area (Å²) in [5.74, 6) is 1.46. The average Bonchev–Trinajstić information content (AvgIpc) is 3.27. The second-order valence-electron chi connectivity index (χ2n) is 9.85. The van der Waals surface area contributed by atoms with E-state index in [1.807, 2.05) is 17.0 Å². The van der Waals surface area contributed by atoms with Crippen molar-refractivity contribution in [1.82, 2.24) is 9.80 Å². The van der Waals surface area contributed by atoms with Crippen molar-refractivity contribution in [1.29, 1.82) is 0 Å². The minimum atomic E-state index is -0.522. The Balaban J connectivity index is 1.25. The number of benzene rings is 2. The van der Waals surface area contributed by atoms with Crippen LogP contribution in [-0.4, -0.2) is 92.1 Å². The van der Waals surface area contributed by atoms with Crippen LogP contribution in [0.3, 0.4) is 0 Å². The molecule has 3 aliphatic heterocycles. The smallest absolute Gasteiger partial charge is 0.323 e. The van der Waals surface area contributed by atoms with Crippen LogP contribution in [0.2, 0.25) is 0 Å². The van der Waals surface area contributed by atoms with Crippen LogP contribution in [-0.2, 0) is 9.53 Å². The number of ether oxygens (including phenoxy) is 3. The molecular formula is C27H34N4O6. The number of likely N-dealkylation sites (N-methyl/N-ethyl adjacent to an activating group) is 1. The molecule has 2 aromatic carbocycles. The molecule has 10 heteroatoms. The highest BCUT2D eigenvalue weighted by atomic mass is 16.6. The maximum Gasteiger partial charge on any atom is 0.323 e. The van der Waals surface area contributed by atoms with Crippen molar-refractivity contribution in [2.45, 2.75) is 37.1 Å². The number of aliphatic hydroxyl groups excluding tert-OH is 1. The fraction of sp³-hybridized carbons (Fsp3) is 0.481. The summed E-state index contributed by atoms with van der Waals surface area (Å²) in [4.78, 5) is 29.6. The molecule has 0 spiro atoms. The Morgan fingerprint density at radius 1 is 1.05 bits per heavy atom. The van der Waals surface area contributed by atoms with Gasteiger partial charge in [-0.3, -0.25) is 4.79 Å². The van der Waals surface area contributed by atoms with Crippen LogP contribution in [0.4, 0.5) is 16.2 Å². The van der Waals surface area contributed by atoms with E-state index >= 15 is 0 Å². The molecule has 2 aromatic rings. The molecule has 3 N–H and O–H groups in total. The zero-order valence-electron chi connectivity index (χ0n) is 21.2. The van der Waals surface area contributed by atoms with Crippen molar-refractivity contribution in [3.8, 4) is 11.5 Å². The number of anilines is 2. The molecule has 0 bridgehead atoms.